The summed E-state index contributed by atoms with van der Waals surface area (Å²) in [4.78, 5) is 16.1. The zero-order valence-corrected chi connectivity index (χ0v) is 13.8. The molecule has 0 bridgehead atoms. The minimum atomic E-state index is -3.71. The number of ether oxygens (including phenoxy) is 2. The van der Waals surface area contributed by atoms with Gasteiger partial charge in [-0.05, 0) is 6.07 Å². The summed E-state index contributed by atoms with van der Waals surface area (Å²) in [6.07, 6.45) is 3.37. The molecule has 0 aliphatic carbocycles. The van der Waals surface area contributed by atoms with Crippen LogP contribution in [0.15, 0.2) is 36.9 Å². The number of nitrogens with one attached hydrogen (secondary N) is 1. The second-order valence-electron chi connectivity index (χ2n) is 4.28. The predicted molar refractivity (Wildman–Crippen MR) is 84.4 cm³/mol. The van der Waals surface area contributed by atoms with E-state index in [0.717, 1.165) is 24.1 Å². The molecule has 0 radical (unpaired) electrons. The topological polar surface area (TPSA) is 107 Å². The average Bonchev–Trinajstić information content (AvgIpc) is 2.97. The molecule has 0 aliphatic heterocycles. The molecular weight excluding hydrogens is 342 g/mol. The Morgan fingerprint density at radius 2 is 2.09 bits per heavy atom. The van der Waals surface area contributed by atoms with Gasteiger partial charge in [-0.2, -0.15) is 9.36 Å². The zero-order chi connectivity index (χ0) is 16.9. The largest absolute Gasteiger partial charge is 0.504 e. The summed E-state index contributed by atoms with van der Waals surface area (Å²) in [6, 6.07) is 6.61. The van der Waals surface area contributed by atoms with Gasteiger partial charge in [-0.1, -0.05) is 18.2 Å². The molecule has 1 aromatic carbocycles. The van der Waals surface area contributed by atoms with Gasteiger partial charge in [0, 0.05) is 17.1 Å². The van der Waals surface area contributed by atoms with E-state index in [2.05, 4.69) is 9.36 Å². The summed E-state index contributed by atoms with van der Waals surface area (Å²) in [6.45, 7) is 0. The van der Waals surface area contributed by atoms with Crippen LogP contribution >= 0.6 is 11.5 Å². The summed E-state index contributed by atoms with van der Waals surface area (Å²) in [5.74, 6) is -0.515. The molecule has 23 heavy (non-hydrogen) atoms. The maximum atomic E-state index is 12.2. The van der Waals surface area contributed by atoms with Crippen LogP contribution in [0, 0.1) is 0 Å². The number of sulfonamides is 1. The fourth-order valence-electron chi connectivity index (χ4n) is 1.66. The van der Waals surface area contributed by atoms with Crippen LogP contribution in [-0.2, 0) is 19.6 Å². The monoisotopic (exact) mass is 355 g/mol. The van der Waals surface area contributed by atoms with Crippen molar-refractivity contribution < 1.29 is 22.7 Å². The van der Waals surface area contributed by atoms with Crippen molar-refractivity contribution in [3.63, 3.8) is 0 Å². The first-order valence-corrected chi connectivity index (χ1v) is 8.86. The van der Waals surface area contributed by atoms with Gasteiger partial charge < -0.3 is 9.47 Å². The molecule has 1 amide bonds. The minimum absolute atomic E-state index is 0.00181. The highest BCUT2D eigenvalue weighted by atomic mass is 32.2. The number of hydrogen-bond donors (Lipinski definition) is 1. The van der Waals surface area contributed by atoms with Crippen LogP contribution in [0.3, 0.4) is 0 Å². The number of benzene rings is 1. The molecule has 10 heteroatoms. The molecule has 2 rings (SSSR count). The van der Waals surface area contributed by atoms with E-state index in [9.17, 15) is 13.2 Å². The standard InChI is InChI=1S/C13H13N3O5S2/c1-20-7-10(12(17)16-23(2,18)19)9-5-3-4-6-11(9)21-13-14-8-15-22-13/h3-8H,1-2H3,(H,16,17)/b10-7+. The molecule has 1 N–H and O–H groups in total. The fraction of sp³-hybridized carbons (Fsp3) is 0.154. The number of rotatable bonds is 6. The zero-order valence-electron chi connectivity index (χ0n) is 12.2. The predicted octanol–water partition coefficient (Wildman–Crippen LogP) is 1.39. The van der Waals surface area contributed by atoms with E-state index in [1.54, 1.807) is 24.3 Å². The molecule has 0 fully saturated rings. The Morgan fingerprint density at radius 3 is 2.70 bits per heavy atom. The third-order valence-corrected chi connectivity index (χ3v) is 3.57. The lowest BCUT2D eigenvalue weighted by molar-refractivity contribution is -0.114. The molecule has 0 saturated heterocycles. The van der Waals surface area contributed by atoms with Crippen LogP contribution in [0.1, 0.15) is 5.56 Å². The van der Waals surface area contributed by atoms with Gasteiger partial charge in [-0.3, -0.25) is 4.79 Å². The lowest BCUT2D eigenvalue weighted by Crippen LogP contribution is -2.30. The van der Waals surface area contributed by atoms with Gasteiger partial charge >= 0.3 is 0 Å². The van der Waals surface area contributed by atoms with Gasteiger partial charge in [0.15, 0.2) is 0 Å². The third kappa shape index (κ3) is 4.76. The van der Waals surface area contributed by atoms with Gasteiger partial charge in [-0.25, -0.2) is 13.1 Å². The van der Waals surface area contributed by atoms with Gasteiger partial charge in [0.1, 0.15) is 12.1 Å². The van der Waals surface area contributed by atoms with Crippen molar-refractivity contribution in [1.82, 2.24) is 14.1 Å². The molecular formula is C13H13N3O5S2. The van der Waals surface area contributed by atoms with Gasteiger partial charge in [-0.15, -0.1) is 0 Å². The Morgan fingerprint density at radius 1 is 1.35 bits per heavy atom. The van der Waals surface area contributed by atoms with E-state index in [-0.39, 0.29) is 10.8 Å². The number of para-hydroxylation sites is 1. The molecule has 1 heterocycles. The maximum Gasteiger partial charge on any atom is 0.298 e. The third-order valence-electron chi connectivity index (χ3n) is 2.47. The molecule has 0 aliphatic rings. The number of carbonyl (C=O) groups is 1. The van der Waals surface area contributed by atoms with E-state index in [0.29, 0.717) is 11.3 Å². The number of aromatic nitrogens is 2. The van der Waals surface area contributed by atoms with Crippen molar-refractivity contribution in [3.8, 4) is 10.9 Å². The van der Waals surface area contributed by atoms with Crippen molar-refractivity contribution in [1.29, 1.82) is 0 Å². The number of hydrogen-bond acceptors (Lipinski definition) is 8. The number of carbonyl (C=O) groups excluding carboxylic acids is 1. The Labute approximate surface area is 137 Å². The average molecular weight is 355 g/mol. The first kappa shape index (κ1) is 16.9. The van der Waals surface area contributed by atoms with Crippen LogP contribution in [0.25, 0.3) is 5.57 Å². The molecule has 122 valence electrons. The summed E-state index contributed by atoms with van der Waals surface area (Å²) < 4.78 is 38.7. The maximum absolute atomic E-state index is 12.2. The van der Waals surface area contributed by atoms with Gasteiger partial charge in [0.2, 0.25) is 10.0 Å². The van der Waals surface area contributed by atoms with Crippen molar-refractivity contribution in [2.45, 2.75) is 0 Å². The molecule has 0 unspecified atom stereocenters. The van der Waals surface area contributed by atoms with Crippen molar-refractivity contribution in [3.05, 3.63) is 42.4 Å². The smallest absolute Gasteiger partial charge is 0.298 e. The number of amides is 1. The van der Waals surface area contributed by atoms with Crippen molar-refractivity contribution in [2.24, 2.45) is 0 Å². The minimum Gasteiger partial charge on any atom is -0.504 e. The number of methoxy groups -OCH3 is 1. The highest BCUT2D eigenvalue weighted by Gasteiger charge is 2.20. The Hall–Kier alpha value is -2.46. The summed E-state index contributed by atoms with van der Waals surface area (Å²) in [5.41, 5.74) is 0.351. The molecule has 2 aromatic rings. The highest BCUT2D eigenvalue weighted by Crippen LogP contribution is 2.30. The second-order valence-corrected chi connectivity index (χ2v) is 6.77. The molecule has 0 spiro atoms. The SMILES string of the molecule is CO/C=C(/C(=O)NS(C)(=O)=O)c1ccccc1Oc1ncns1. The first-order chi connectivity index (χ1) is 10.9. The van der Waals surface area contributed by atoms with E-state index < -0.39 is 15.9 Å². The lowest BCUT2D eigenvalue weighted by atomic mass is 10.1. The summed E-state index contributed by atoms with van der Waals surface area (Å²) in [7, 11) is -2.37. The lowest BCUT2D eigenvalue weighted by Gasteiger charge is -2.11. The molecule has 0 atom stereocenters. The Balaban J connectivity index is 2.40. The van der Waals surface area contributed by atoms with Crippen LogP contribution in [0.2, 0.25) is 0 Å². The van der Waals surface area contributed by atoms with Crippen LogP contribution < -0.4 is 9.46 Å². The quantitative estimate of drug-likeness (QED) is 0.616. The second kappa shape index (κ2) is 7.20. The van der Waals surface area contributed by atoms with E-state index in [1.165, 1.54) is 13.4 Å². The number of nitrogens with zero attached hydrogens (tertiary/aromatic N) is 2. The van der Waals surface area contributed by atoms with Crippen molar-refractivity contribution >= 4 is 33.0 Å². The molecule has 0 saturated carbocycles. The normalized spacial score (nSPS) is 11.8. The molecule has 8 nitrogen and oxygen atoms in total. The van der Waals surface area contributed by atoms with E-state index >= 15 is 0 Å². The van der Waals surface area contributed by atoms with E-state index in [1.807, 2.05) is 4.72 Å². The van der Waals surface area contributed by atoms with Gasteiger partial charge in [0.05, 0.1) is 25.2 Å². The summed E-state index contributed by atoms with van der Waals surface area (Å²) in [5, 5.41) is 0.290. The van der Waals surface area contributed by atoms with Gasteiger partial charge in [0.25, 0.3) is 11.1 Å². The highest BCUT2D eigenvalue weighted by molar-refractivity contribution is 7.89. The fourth-order valence-corrected chi connectivity index (χ4v) is 2.51. The first-order valence-electron chi connectivity index (χ1n) is 6.19. The Kier molecular flexibility index (Phi) is 5.29. The summed E-state index contributed by atoms with van der Waals surface area (Å²) >= 11 is 1.04. The van der Waals surface area contributed by atoms with Crippen molar-refractivity contribution in [2.75, 3.05) is 13.4 Å². The Bertz CT molecular complexity index is 816. The van der Waals surface area contributed by atoms with Crippen LogP contribution in [0.5, 0.6) is 10.9 Å². The van der Waals surface area contributed by atoms with Crippen LogP contribution in [0.4, 0.5) is 0 Å². The van der Waals surface area contributed by atoms with Crippen LogP contribution in [-0.4, -0.2) is 37.0 Å². The molecule has 1 aromatic heterocycles. The van der Waals surface area contributed by atoms with E-state index in [4.69, 9.17) is 9.47 Å².